The molecule has 0 saturated heterocycles. The Balaban J connectivity index is 3.00. The van der Waals surface area contributed by atoms with Gasteiger partial charge in [-0.05, 0) is 31.5 Å². The number of carboxylic acids is 1. The number of aryl methyl sites for hydroxylation is 1. The molecular formula is C12H15BrO4. The maximum Gasteiger partial charge on any atom is 0.339 e. The lowest BCUT2D eigenvalue weighted by Crippen LogP contribution is -2.17. The van der Waals surface area contributed by atoms with Crippen molar-refractivity contribution < 1.29 is 19.4 Å². The summed E-state index contributed by atoms with van der Waals surface area (Å²) in [6, 6.07) is 3.35. The molecule has 1 rings (SSSR count). The third kappa shape index (κ3) is 3.71. The molecular weight excluding hydrogens is 288 g/mol. The molecule has 0 aliphatic rings. The van der Waals surface area contributed by atoms with Gasteiger partial charge in [0.15, 0.2) is 0 Å². The number of aromatic carboxylic acids is 1. The van der Waals surface area contributed by atoms with Gasteiger partial charge in [-0.25, -0.2) is 4.79 Å². The molecule has 5 heteroatoms. The maximum absolute atomic E-state index is 11.1. The van der Waals surface area contributed by atoms with E-state index in [9.17, 15) is 4.79 Å². The Morgan fingerprint density at radius 1 is 1.53 bits per heavy atom. The first-order valence-electron chi connectivity index (χ1n) is 5.14. The van der Waals surface area contributed by atoms with E-state index in [1.54, 1.807) is 7.11 Å². The minimum Gasteiger partial charge on any atom is -0.490 e. The van der Waals surface area contributed by atoms with Crippen molar-refractivity contribution in [3.63, 3.8) is 0 Å². The van der Waals surface area contributed by atoms with Gasteiger partial charge in [-0.15, -0.1) is 0 Å². The van der Waals surface area contributed by atoms with Crippen molar-refractivity contribution >= 4 is 21.9 Å². The minimum absolute atomic E-state index is 0.0836. The Kier molecular flexibility index (Phi) is 4.96. The van der Waals surface area contributed by atoms with Crippen LogP contribution in [0.15, 0.2) is 16.6 Å². The Morgan fingerprint density at radius 3 is 2.71 bits per heavy atom. The fourth-order valence-corrected chi connectivity index (χ4v) is 1.92. The molecule has 94 valence electrons. The van der Waals surface area contributed by atoms with Gasteiger partial charge < -0.3 is 14.6 Å². The Morgan fingerprint density at radius 2 is 2.18 bits per heavy atom. The lowest BCUT2D eigenvalue weighted by molar-refractivity contribution is 0.0644. The Labute approximate surface area is 109 Å². The maximum atomic E-state index is 11.1. The molecule has 0 radical (unpaired) electrons. The van der Waals surface area contributed by atoms with E-state index in [0.29, 0.717) is 12.4 Å². The number of benzene rings is 1. The lowest BCUT2D eigenvalue weighted by atomic mass is 10.1. The molecule has 1 aromatic rings. The van der Waals surface area contributed by atoms with Crippen molar-refractivity contribution in [1.82, 2.24) is 0 Å². The average Bonchev–Trinajstić information content (AvgIpc) is 2.26. The quantitative estimate of drug-likeness (QED) is 0.908. The molecule has 17 heavy (non-hydrogen) atoms. The van der Waals surface area contributed by atoms with Gasteiger partial charge in [-0.3, -0.25) is 0 Å². The van der Waals surface area contributed by atoms with Gasteiger partial charge in [0.05, 0.1) is 6.10 Å². The van der Waals surface area contributed by atoms with Crippen molar-refractivity contribution in [3.05, 3.63) is 27.7 Å². The molecule has 1 atom stereocenters. The van der Waals surface area contributed by atoms with Gasteiger partial charge in [0.1, 0.15) is 17.9 Å². The van der Waals surface area contributed by atoms with E-state index < -0.39 is 5.97 Å². The van der Waals surface area contributed by atoms with E-state index in [-0.39, 0.29) is 11.7 Å². The smallest absolute Gasteiger partial charge is 0.339 e. The zero-order valence-corrected chi connectivity index (χ0v) is 11.6. The third-order valence-electron chi connectivity index (χ3n) is 2.33. The topological polar surface area (TPSA) is 55.8 Å². The van der Waals surface area contributed by atoms with E-state index in [1.165, 1.54) is 6.07 Å². The molecule has 0 amide bonds. The summed E-state index contributed by atoms with van der Waals surface area (Å²) in [5.74, 6) is -0.612. The van der Waals surface area contributed by atoms with Gasteiger partial charge in [-0.1, -0.05) is 15.9 Å². The van der Waals surface area contributed by atoms with Crippen LogP contribution in [0, 0.1) is 6.92 Å². The third-order valence-corrected chi connectivity index (χ3v) is 2.79. The first kappa shape index (κ1) is 14.0. The summed E-state index contributed by atoms with van der Waals surface area (Å²) in [6.45, 7) is 3.98. The van der Waals surface area contributed by atoms with E-state index in [2.05, 4.69) is 15.9 Å². The van der Waals surface area contributed by atoms with E-state index >= 15 is 0 Å². The highest BCUT2D eigenvalue weighted by molar-refractivity contribution is 9.10. The second-order valence-electron chi connectivity index (χ2n) is 3.76. The zero-order chi connectivity index (χ0) is 13.0. The fourth-order valence-electron chi connectivity index (χ4n) is 1.35. The van der Waals surface area contributed by atoms with Gasteiger partial charge >= 0.3 is 5.97 Å². The molecule has 0 aromatic heterocycles. The van der Waals surface area contributed by atoms with Crippen LogP contribution >= 0.6 is 15.9 Å². The second-order valence-corrected chi connectivity index (χ2v) is 4.68. The molecule has 0 fully saturated rings. The van der Waals surface area contributed by atoms with Crippen molar-refractivity contribution in [2.75, 3.05) is 13.7 Å². The van der Waals surface area contributed by atoms with Crippen LogP contribution in [0.25, 0.3) is 0 Å². The molecule has 0 heterocycles. The van der Waals surface area contributed by atoms with Crippen LogP contribution in [-0.2, 0) is 4.74 Å². The average molecular weight is 303 g/mol. The van der Waals surface area contributed by atoms with Gasteiger partial charge in [0.2, 0.25) is 0 Å². The summed E-state index contributed by atoms with van der Waals surface area (Å²) in [7, 11) is 1.58. The summed E-state index contributed by atoms with van der Waals surface area (Å²) < 4.78 is 11.3. The number of hydrogen-bond acceptors (Lipinski definition) is 3. The number of rotatable bonds is 5. The number of methoxy groups -OCH3 is 1. The van der Waals surface area contributed by atoms with Crippen LogP contribution in [0.4, 0.5) is 0 Å². The molecule has 0 bridgehead atoms. The zero-order valence-electron chi connectivity index (χ0n) is 9.99. The molecule has 1 unspecified atom stereocenters. The number of ether oxygens (including phenoxy) is 2. The first-order valence-corrected chi connectivity index (χ1v) is 5.94. The number of halogens is 1. The molecule has 0 saturated carbocycles. The second kappa shape index (κ2) is 6.02. The van der Waals surface area contributed by atoms with E-state index in [4.69, 9.17) is 14.6 Å². The highest BCUT2D eigenvalue weighted by Crippen LogP contribution is 2.28. The Hall–Kier alpha value is -1.07. The van der Waals surface area contributed by atoms with E-state index in [1.807, 2.05) is 19.9 Å². The van der Waals surface area contributed by atoms with Crippen molar-refractivity contribution in [2.24, 2.45) is 0 Å². The summed E-state index contributed by atoms with van der Waals surface area (Å²) in [5, 5.41) is 9.10. The predicted molar refractivity (Wildman–Crippen MR) is 67.8 cm³/mol. The largest absolute Gasteiger partial charge is 0.490 e. The molecule has 0 aliphatic heterocycles. The molecule has 1 aromatic carbocycles. The van der Waals surface area contributed by atoms with Crippen LogP contribution in [0.5, 0.6) is 5.75 Å². The van der Waals surface area contributed by atoms with Crippen LogP contribution in [0.3, 0.4) is 0 Å². The van der Waals surface area contributed by atoms with Crippen molar-refractivity contribution in [1.29, 1.82) is 0 Å². The lowest BCUT2D eigenvalue weighted by Gasteiger charge is -2.15. The Bertz CT molecular complexity index is 417. The van der Waals surface area contributed by atoms with Gasteiger partial charge in [0, 0.05) is 11.6 Å². The molecule has 0 spiro atoms. The summed E-state index contributed by atoms with van der Waals surface area (Å²) >= 11 is 3.27. The van der Waals surface area contributed by atoms with Crippen molar-refractivity contribution in [3.8, 4) is 5.75 Å². The number of carboxylic acid groups (broad SMARTS) is 1. The summed E-state index contributed by atoms with van der Waals surface area (Å²) in [4.78, 5) is 11.1. The van der Waals surface area contributed by atoms with Crippen molar-refractivity contribution in [2.45, 2.75) is 20.0 Å². The van der Waals surface area contributed by atoms with Crippen LogP contribution in [0.1, 0.15) is 22.8 Å². The fraction of sp³-hybridized carbons (Fsp3) is 0.417. The van der Waals surface area contributed by atoms with Crippen LogP contribution in [-0.4, -0.2) is 30.9 Å². The van der Waals surface area contributed by atoms with E-state index in [0.717, 1.165) is 10.0 Å². The van der Waals surface area contributed by atoms with Crippen LogP contribution < -0.4 is 4.74 Å². The highest BCUT2D eigenvalue weighted by Gasteiger charge is 2.16. The molecule has 0 aliphatic carbocycles. The first-order chi connectivity index (χ1) is 7.95. The molecule has 4 nitrogen and oxygen atoms in total. The van der Waals surface area contributed by atoms with Gasteiger partial charge in [0.25, 0.3) is 0 Å². The predicted octanol–water partition coefficient (Wildman–Crippen LogP) is 2.87. The number of carbonyl (C=O) groups is 1. The monoisotopic (exact) mass is 302 g/mol. The van der Waals surface area contributed by atoms with Gasteiger partial charge in [-0.2, -0.15) is 0 Å². The SMILES string of the molecule is COC(C)COc1c(C)cc(Br)cc1C(=O)O. The molecule has 1 N–H and O–H groups in total. The minimum atomic E-state index is -1.01. The standard InChI is InChI=1S/C12H15BrO4/c1-7-4-9(13)5-10(12(14)15)11(7)17-6-8(2)16-3/h4-5,8H,6H2,1-3H3,(H,14,15). The highest BCUT2D eigenvalue weighted by atomic mass is 79.9. The summed E-state index contributed by atoms with van der Waals surface area (Å²) in [5.41, 5.74) is 0.931. The van der Waals surface area contributed by atoms with Crippen LogP contribution in [0.2, 0.25) is 0 Å². The normalized spacial score (nSPS) is 12.2. The number of hydrogen-bond donors (Lipinski definition) is 1. The summed E-state index contributed by atoms with van der Waals surface area (Å²) in [6.07, 6.45) is -0.0836.